The van der Waals surface area contributed by atoms with Gasteiger partial charge in [-0.3, -0.25) is 0 Å². The standard InChI is InChI=1S/C14H19FO2/c1-10(16)8-14(2,3)9-11-6-5-7-12(17-4)13(11)15/h5-7H,8-9H2,1-4H3. The zero-order valence-electron chi connectivity index (χ0n) is 10.8. The summed E-state index contributed by atoms with van der Waals surface area (Å²) >= 11 is 0. The minimum Gasteiger partial charge on any atom is -0.494 e. The quantitative estimate of drug-likeness (QED) is 0.786. The van der Waals surface area contributed by atoms with Crippen molar-refractivity contribution in [1.29, 1.82) is 0 Å². The molecule has 0 aromatic heterocycles. The molecule has 2 nitrogen and oxygen atoms in total. The Hall–Kier alpha value is -1.38. The monoisotopic (exact) mass is 238 g/mol. The number of methoxy groups -OCH3 is 1. The Morgan fingerprint density at radius 1 is 1.41 bits per heavy atom. The molecule has 0 aliphatic heterocycles. The molecule has 3 heteroatoms. The van der Waals surface area contributed by atoms with E-state index in [0.29, 0.717) is 18.4 Å². The Morgan fingerprint density at radius 3 is 2.59 bits per heavy atom. The predicted octanol–water partition coefficient (Wildman–Crippen LogP) is 3.38. The molecule has 0 radical (unpaired) electrons. The van der Waals surface area contributed by atoms with E-state index in [-0.39, 0.29) is 22.8 Å². The number of rotatable bonds is 5. The molecule has 0 saturated heterocycles. The predicted molar refractivity (Wildman–Crippen MR) is 65.7 cm³/mol. The fourth-order valence-electron chi connectivity index (χ4n) is 2.10. The fraction of sp³-hybridized carbons (Fsp3) is 0.500. The van der Waals surface area contributed by atoms with Crippen molar-refractivity contribution in [3.8, 4) is 5.75 Å². The van der Waals surface area contributed by atoms with Gasteiger partial charge in [-0.15, -0.1) is 0 Å². The van der Waals surface area contributed by atoms with E-state index < -0.39 is 0 Å². The summed E-state index contributed by atoms with van der Waals surface area (Å²) in [7, 11) is 1.45. The number of halogens is 1. The molecule has 0 saturated carbocycles. The van der Waals surface area contributed by atoms with Gasteiger partial charge >= 0.3 is 0 Å². The van der Waals surface area contributed by atoms with Crippen molar-refractivity contribution in [2.24, 2.45) is 5.41 Å². The van der Waals surface area contributed by atoms with Crippen LogP contribution in [-0.4, -0.2) is 12.9 Å². The van der Waals surface area contributed by atoms with E-state index in [2.05, 4.69) is 0 Å². The number of ketones is 1. The Balaban J connectivity index is 2.91. The van der Waals surface area contributed by atoms with E-state index in [9.17, 15) is 9.18 Å². The van der Waals surface area contributed by atoms with Gasteiger partial charge in [-0.1, -0.05) is 26.0 Å². The Labute approximate surface area is 102 Å². The lowest BCUT2D eigenvalue weighted by Crippen LogP contribution is -2.19. The summed E-state index contributed by atoms with van der Waals surface area (Å²) in [4.78, 5) is 11.1. The number of hydrogen-bond acceptors (Lipinski definition) is 2. The van der Waals surface area contributed by atoms with Gasteiger partial charge in [0.2, 0.25) is 0 Å². The van der Waals surface area contributed by atoms with Gasteiger partial charge in [0.1, 0.15) is 5.78 Å². The molecule has 0 amide bonds. The maximum atomic E-state index is 13.9. The second-order valence-electron chi connectivity index (χ2n) is 5.15. The van der Waals surface area contributed by atoms with Crippen molar-refractivity contribution < 1.29 is 13.9 Å². The number of ether oxygens (including phenoxy) is 1. The molecule has 0 unspecified atom stereocenters. The van der Waals surface area contributed by atoms with Crippen LogP contribution in [0.1, 0.15) is 32.8 Å². The van der Waals surface area contributed by atoms with Gasteiger partial charge in [0.15, 0.2) is 11.6 Å². The van der Waals surface area contributed by atoms with Gasteiger partial charge in [-0.2, -0.15) is 0 Å². The first-order valence-corrected chi connectivity index (χ1v) is 5.66. The molecule has 1 aromatic carbocycles. The van der Waals surface area contributed by atoms with Crippen LogP contribution in [0.3, 0.4) is 0 Å². The molecule has 1 rings (SSSR count). The van der Waals surface area contributed by atoms with Gasteiger partial charge in [0.05, 0.1) is 7.11 Å². The highest BCUT2D eigenvalue weighted by atomic mass is 19.1. The Bertz CT molecular complexity index is 411. The van der Waals surface area contributed by atoms with Crippen LogP contribution in [0.25, 0.3) is 0 Å². The SMILES string of the molecule is COc1cccc(CC(C)(C)CC(C)=O)c1F. The Kier molecular flexibility index (Phi) is 4.27. The first-order chi connectivity index (χ1) is 7.85. The van der Waals surface area contributed by atoms with Crippen molar-refractivity contribution >= 4 is 5.78 Å². The number of benzene rings is 1. The molecule has 0 aliphatic carbocycles. The topological polar surface area (TPSA) is 26.3 Å². The van der Waals surface area contributed by atoms with Crippen LogP contribution in [0.5, 0.6) is 5.75 Å². The normalized spacial score (nSPS) is 11.4. The van der Waals surface area contributed by atoms with Gasteiger partial charge in [0.25, 0.3) is 0 Å². The molecule has 0 heterocycles. The third-order valence-corrected chi connectivity index (χ3v) is 2.66. The van der Waals surface area contributed by atoms with Crippen molar-refractivity contribution in [3.63, 3.8) is 0 Å². The number of Topliss-reactive ketones (excluding diaryl/α,β-unsaturated/α-hetero) is 1. The van der Waals surface area contributed by atoms with Gasteiger partial charge in [-0.05, 0) is 30.4 Å². The summed E-state index contributed by atoms with van der Waals surface area (Å²) in [5, 5.41) is 0. The van der Waals surface area contributed by atoms with Crippen molar-refractivity contribution in [1.82, 2.24) is 0 Å². The minimum absolute atomic E-state index is 0.123. The summed E-state index contributed by atoms with van der Waals surface area (Å²) in [6.45, 7) is 5.49. The average molecular weight is 238 g/mol. The maximum Gasteiger partial charge on any atom is 0.168 e. The molecule has 0 spiro atoms. The summed E-state index contributed by atoms with van der Waals surface area (Å²) in [5.41, 5.74) is 0.356. The minimum atomic E-state index is -0.327. The van der Waals surface area contributed by atoms with Crippen molar-refractivity contribution in [2.75, 3.05) is 7.11 Å². The Morgan fingerprint density at radius 2 is 2.06 bits per heavy atom. The van der Waals surface area contributed by atoms with Gasteiger partial charge in [-0.25, -0.2) is 4.39 Å². The molecule has 0 atom stereocenters. The van der Waals surface area contributed by atoms with Crippen LogP contribution in [0.15, 0.2) is 18.2 Å². The largest absolute Gasteiger partial charge is 0.494 e. The molecule has 94 valence electrons. The summed E-state index contributed by atoms with van der Waals surface area (Å²) < 4.78 is 18.9. The molecule has 0 aliphatic rings. The summed E-state index contributed by atoms with van der Waals surface area (Å²) in [6.07, 6.45) is 0.971. The molecule has 1 aromatic rings. The molecular weight excluding hydrogens is 219 g/mol. The van der Waals surface area contributed by atoms with Crippen LogP contribution in [0.2, 0.25) is 0 Å². The first-order valence-electron chi connectivity index (χ1n) is 5.66. The van der Waals surface area contributed by atoms with Crippen LogP contribution in [0, 0.1) is 11.2 Å². The lowest BCUT2D eigenvalue weighted by atomic mass is 9.81. The fourth-order valence-corrected chi connectivity index (χ4v) is 2.10. The van der Waals surface area contributed by atoms with E-state index in [1.807, 2.05) is 13.8 Å². The highest BCUT2D eigenvalue weighted by Crippen LogP contribution is 2.30. The zero-order chi connectivity index (χ0) is 13.1. The number of carbonyl (C=O) groups is 1. The third kappa shape index (κ3) is 3.84. The molecule has 0 N–H and O–H groups in total. The summed E-state index contributed by atoms with van der Waals surface area (Å²) in [5.74, 6) is 0.0473. The lowest BCUT2D eigenvalue weighted by Gasteiger charge is -2.23. The maximum absolute atomic E-state index is 13.9. The highest BCUT2D eigenvalue weighted by Gasteiger charge is 2.23. The van der Waals surface area contributed by atoms with E-state index in [1.165, 1.54) is 7.11 Å². The summed E-state index contributed by atoms with van der Waals surface area (Å²) in [6, 6.07) is 5.09. The van der Waals surface area contributed by atoms with Crippen LogP contribution in [0.4, 0.5) is 4.39 Å². The second kappa shape index (κ2) is 5.30. The number of carbonyl (C=O) groups excluding carboxylic acids is 1. The first kappa shape index (κ1) is 13.7. The van der Waals surface area contributed by atoms with Crippen LogP contribution >= 0.6 is 0 Å². The third-order valence-electron chi connectivity index (χ3n) is 2.66. The second-order valence-corrected chi connectivity index (χ2v) is 5.15. The molecule has 0 fully saturated rings. The van der Waals surface area contributed by atoms with Gasteiger partial charge < -0.3 is 9.53 Å². The van der Waals surface area contributed by atoms with Crippen molar-refractivity contribution in [3.05, 3.63) is 29.6 Å². The molecule has 0 bridgehead atoms. The lowest BCUT2D eigenvalue weighted by molar-refractivity contribution is -0.118. The van der Waals surface area contributed by atoms with E-state index in [0.717, 1.165) is 0 Å². The van der Waals surface area contributed by atoms with Gasteiger partial charge in [0, 0.05) is 6.42 Å². The van der Waals surface area contributed by atoms with E-state index in [4.69, 9.17) is 4.74 Å². The zero-order valence-corrected chi connectivity index (χ0v) is 10.8. The van der Waals surface area contributed by atoms with E-state index >= 15 is 0 Å². The van der Waals surface area contributed by atoms with E-state index in [1.54, 1.807) is 25.1 Å². The molecule has 17 heavy (non-hydrogen) atoms. The van der Waals surface area contributed by atoms with Crippen molar-refractivity contribution in [2.45, 2.75) is 33.6 Å². The average Bonchev–Trinajstić information content (AvgIpc) is 2.19. The van der Waals surface area contributed by atoms with Crippen LogP contribution in [-0.2, 0) is 11.2 Å². The number of hydrogen-bond donors (Lipinski definition) is 0. The highest BCUT2D eigenvalue weighted by molar-refractivity contribution is 5.76. The smallest absolute Gasteiger partial charge is 0.168 e. The molecular formula is C14H19FO2. The van der Waals surface area contributed by atoms with Crippen LogP contribution < -0.4 is 4.74 Å².